The Morgan fingerprint density at radius 2 is 1.22 bits per heavy atom. The summed E-state index contributed by atoms with van der Waals surface area (Å²) in [6, 6.07) is 58.4. The van der Waals surface area contributed by atoms with E-state index in [1.807, 2.05) is 88.1 Å². The van der Waals surface area contributed by atoms with E-state index < -0.39 is 36.3 Å². The molecule has 0 N–H and O–H groups in total. The van der Waals surface area contributed by atoms with Gasteiger partial charge >= 0.3 is 0 Å². The molecule has 0 saturated carbocycles. The van der Waals surface area contributed by atoms with E-state index in [0.29, 0.717) is 34.2 Å². The van der Waals surface area contributed by atoms with Crippen LogP contribution in [-0.2, 0) is 21.1 Å². The number of hydrogen-bond acceptors (Lipinski definition) is 2. The molecule has 4 heterocycles. The molecule has 0 amide bonds. The average molecular weight is 1130 g/mol. The van der Waals surface area contributed by atoms with Crippen molar-refractivity contribution in [2.75, 3.05) is 0 Å². The molecule has 9 aromatic carbocycles. The minimum Gasteiger partial charge on any atom is -0.510 e. The zero-order valence-electron chi connectivity index (χ0n) is 48.2. The normalized spacial score (nSPS) is 13.8. The predicted molar refractivity (Wildman–Crippen MR) is 293 cm³/mol. The Kier molecular flexibility index (Phi) is 9.43. The number of pyridine rings is 1. The third kappa shape index (κ3) is 7.94. The Hall–Kier alpha value is -8.31. The van der Waals surface area contributed by atoms with Gasteiger partial charge in [0, 0.05) is 60.7 Å². The average Bonchev–Trinajstić information content (AvgIpc) is 4.37. The van der Waals surface area contributed by atoms with Crippen molar-refractivity contribution in [3.8, 4) is 56.6 Å². The standard InChI is InChI=1S/C66H49N5O.Pt/c1-44(66(2,3)4)47-37-38-67-64(39-47)71-60-36-33-49(70-58-29-13-11-25-54(58)55-26-12-14-30-59(55)70)41-57(60)56-35-34-51(42-63(56)71)72-50-24-17-23-48(40-50)68-43-69(62-32-16-15-31-61(62)68)65-52(45-19-7-5-8-20-45)27-18-28-53(65)46-21-9-6-10-22-46;/h5-39,41,44H,1-4H3;/q-2;/i11D,12D,13D,14D,25D,26D,29D,30D;. The third-order valence-electron chi connectivity index (χ3n) is 13.9. The second-order valence-corrected chi connectivity index (χ2v) is 19.1. The smallest absolute Gasteiger partial charge is 0.268 e. The van der Waals surface area contributed by atoms with Crippen molar-refractivity contribution in [2.45, 2.75) is 33.6 Å². The summed E-state index contributed by atoms with van der Waals surface area (Å²) in [7, 11) is 0. The molecule has 0 aliphatic heterocycles. The Morgan fingerprint density at radius 1 is 0.575 bits per heavy atom. The minimum absolute atomic E-state index is 0. The molecule has 356 valence electrons. The van der Waals surface area contributed by atoms with E-state index in [1.165, 1.54) is 4.57 Å². The van der Waals surface area contributed by atoms with Gasteiger partial charge in [-0.25, -0.2) is 4.98 Å². The molecule has 7 heteroatoms. The molecule has 13 rings (SSSR count). The molecule has 1 unspecified atom stereocenters. The largest absolute Gasteiger partial charge is 0.510 e. The molecular formula is C66H49N5OPt-2. The van der Waals surface area contributed by atoms with Gasteiger partial charge in [0.15, 0.2) is 0 Å². The second-order valence-electron chi connectivity index (χ2n) is 19.1. The first-order chi connectivity index (χ1) is 38.6. The zero-order chi connectivity index (χ0) is 55.5. The Bertz CT molecular complexity index is 4550. The number of hydrogen-bond donors (Lipinski definition) is 0. The van der Waals surface area contributed by atoms with Crippen LogP contribution in [0, 0.1) is 23.9 Å². The van der Waals surface area contributed by atoms with E-state index in [0.717, 1.165) is 60.8 Å². The van der Waals surface area contributed by atoms with Gasteiger partial charge in [0.1, 0.15) is 5.82 Å². The fraction of sp³-hybridized carbons (Fsp3) is 0.0909. The maximum atomic E-state index is 9.16. The first-order valence-electron chi connectivity index (χ1n) is 28.0. The van der Waals surface area contributed by atoms with Gasteiger partial charge in [0.25, 0.3) is 6.33 Å². The summed E-state index contributed by atoms with van der Waals surface area (Å²) in [6.07, 6.45) is 5.54. The fourth-order valence-corrected chi connectivity index (χ4v) is 9.99. The van der Waals surface area contributed by atoms with Crippen molar-refractivity contribution in [3.05, 3.63) is 242 Å². The minimum atomic E-state index is -0.496. The van der Waals surface area contributed by atoms with E-state index >= 15 is 0 Å². The SMILES string of the molecule is [2H]c1c([2H])c([2H])c2c(c1[2H])c1c([2H])c([2H])c([2H])c([2H])c1n2-c1ccc2c(c1)c1ccc(Oc3[c-]c(-n4[c-][n+](-c5c(-c6ccccc6)cccc5-c5ccccc5)c5ccccc54)ccc3)[c-]c1n2-c1cc(C(C)C(C)(C)C)ccn1.[Pt]. The van der Waals surface area contributed by atoms with E-state index in [2.05, 4.69) is 136 Å². The molecule has 0 bridgehead atoms. The number of aromatic nitrogens is 5. The molecule has 0 spiro atoms. The van der Waals surface area contributed by atoms with E-state index in [1.54, 1.807) is 6.07 Å². The number of imidazole rings is 1. The molecule has 0 radical (unpaired) electrons. The number of rotatable bonds is 9. The van der Waals surface area contributed by atoms with Gasteiger partial charge in [-0.1, -0.05) is 173 Å². The molecule has 0 aliphatic rings. The van der Waals surface area contributed by atoms with Crippen molar-refractivity contribution >= 4 is 54.6 Å². The summed E-state index contributed by atoms with van der Waals surface area (Å²) in [5.41, 5.74) is 10.8. The number of nitrogens with zero attached hydrogens (tertiary/aromatic N) is 5. The first-order valence-corrected chi connectivity index (χ1v) is 24.0. The Labute approximate surface area is 450 Å². The van der Waals surface area contributed by atoms with Crippen LogP contribution in [0.3, 0.4) is 0 Å². The van der Waals surface area contributed by atoms with Gasteiger partial charge < -0.3 is 18.4 Å². The molecule has 1 atom stereocenters. The van der Waals surface area contributed by atoms with Crippen molar-refractivity contribution in [1.82, 2.24) is 18.7 Å². The van der Waals surface area contributed by atoms with Crippen LogP contribution in [0.25, 0.3) is 99.8 Å². The Balaban J connectivity index is 0.00000651. The fourth-order valence-electron chi connectivity index (χ4n) is 9.99. The summed E-state index contributed by atoms with van der Waals surface area (Å²) in [5.74, 6) is 1.65. The van der Waals surface area contributed by atoms with Gasteiger partial charge in [0.2, 0.25) is 0 Å². The van der Waals surface area contributed by atoms with E-state index in [4.69, 9.17) is 20.7 Å². The maximum Gasteiger partial charge on any atom is 0.268 e. The van der Waals surface area contributed by atoms with Gasteiger partial charge in [-0.05, 0) is 92.6 Å². The summed E-state index contributed by atoms with van der Waals surface area (Å²) < 4.78 is 85.3. The van der Waals surface area contributed by atoms with Gasteiger partial charge in [0.05, 0.1) is 38.7 Å². The van der Waals surface area contributed by atoms with Crippen LogP contribution in [0.5, 0.6) is 11.5 Å². The van der Waals surface area contributed by atoms with Crippen LogP contribution in [0.2, 0.25) is 0 Å². The molecule has 0 saturated heterocycles. The monoisotopic (exact) mass is 1130 g/mol. The molecule has 4 aromatic heterocycles. The summed E-state index contributed by atoms with van der Waals surface area (Å²) in [4.78, 5) is 4.95. The van der Waals surface area contributed by atoms with Crippen molar-refractivity contribution < 1.29 is 41.3 Å². The number of fused-ring (bicyclic) bond motifs is 7. The summed E-state index contributed by atoms with van der Waals surface area (Å²) >= 11 is 0. The van der Waals surface area contributed by atoms with Crippen LogP contribution in [0.1, 0.15) is 50.1 Å². The number of ether oxygens (including phenoxy) is 1. The molecule has 6 nitrogen and oxygen atoms in total. The second kappa shape index (κ2) is 18.4. The molecule has 13 aromatic rings. The molecule has 73 heavy (non-hydrogen) atoms. The van der Waals surface area contributed by atoms with Crippen molar-refractivity contribution in [1.29, 1.82) is 0 Å². The Morgan fingerprint density at radius 3 is 1.92 bits per heavy atom. The van der Waals surface area contributed by atoms with E-state index in [-0.39, 0.29) is 66.3 Å². The summed E-state index contributed by atoms with van der Waals surface area (Å²) in [5, 5.41) is 1.52. The molecule has 0 fully saturated rings. The number of para-hydroxylation sites is 5. The zero-order valence-corrected chi connectivity index (χ0v) is 42.5. The van der Waals surface area contributed by atoms with E-state index in [9.17, 15) is 0 Å². The van der Waals surface area contributed by atoms with Crippen molar-refractivity contribution in [3.63, 3.8) is 0 Å². The van der Waals surface area contributed by atoms with Crippen LogP contribution < -0.4 is 9.30 Å². The van der Waals surface area contributed by atoms with Gasteiger partial charge in [-0.2, -0.15) is 18.2 Å². The third-order valence-corrected chi connectivity index (χ3v) is 13.9. The van der Waals surface area contributed by atoms with Crippen LogP contribution >= 0.6 is 0 Å². The first kappa shape index (κ1) is 37.5. The predicted octanol–water partition coefficient (Wildman–Crippen LogP) is 16.2. The quantitative estimate of drug-likeness (QED) is 0.107. The molecule has 0 aliphatic carbocycles. The van der Waals surface area contributed by atoms with Crippen LogP contribution in [0.15, 0.2) is 218 Å². The van der Waals surface area contributed by atoms with Crippen molar-refractivity contribution in [2.24, 2.45) is 5.41 Å². The van der Waals surface area contributed by atoms with Crippen LogP contribution in [-0.4, -0.2) is 18.7 Å². The maximum absolute atomic E-state index is 9.16. The van der Waals surface area contributed by atoms with Gasteiger partial charge in [-0.15, -0.1) is 29.7 Å². The van der Waals surface area contributed by atoms with Crippen LogP contribution in [0.4, 0.5) is 0 Å². The summed E-state index contributed by atoms with van der Waals surface area (Å²) in [6.45, 7) is 8.83. The molecular weight excluding hydrogens is 1070 g/mol. The van der Waals surface area contributed by atoms with Gasteiger partial charge in [-0.3, -0.25) is 4.57 Å². The number of benzene rings is 9. The topological polar surface area (TPSA) is 40.8 Å².